The lowest BCUT2D eigenvalue weighted by atomic mass is 10.2. The number of carbonyl (C=O) groups is 1. The average molecular weight is 328 g/mol. The molecule has 7 heteroatoms. The summed E-state index contributed by atoms with van der Waals surface area (Å²) in [5.74, 6) is -0.350. The molecule has 0 aliphatic heterocycles. The predicted octanol–water partition coefficient (Wildman–Crippen LogP) is 4.29. The topological polar surface area (TPSA) is 46.9 Å². The molecule has 0 bridgehead atoms. The molecule has 1 amide bonds. The van der Waals surface area contributed by atoms with E-state index in [-0.39, 0.29) is 11.6 Å². The largest absolute Gasteiger partial charge is 0.324 e. The molecule has 1 aromatic carbocycles. The van der Waals surface area contributed by atoms with Crippen LogP contribution in [0.25, 0.3) is 0 Å². The number of anilines is 1. The molecule has 0 saturated heterocycles. The van der Waals surface area contributed by atoms with Crippen LogP contribution >= 0.6 is 11.6 Å². The molecule has 0 saturated carbocycles. The third-order valence-corrected chi connectivity index (χ3v) is 3.85. The van der Waals surface area contributed by atoms with Gasteiger partial charge in [0.05, 0.1) is 0 Å². The van der Waals surface area contributed by atoms with Gasteiger partial charge in [-0.15, -0.1) is 0 Å². The van der Waals surface area contributed by atoms with Crippen LogP contribution in [-0.2, 0) is 4.79 Å². The third-order valence-electron chi connectivity index (χ3n) is 3.44. The number of halogens is 3. The molecule has 0 fully saturated rings. The van der Waals surface area contributed by atoms with Crippen molar-refractivity contribution in [1.29, 1.82) is 0 Å². The molecule has 1 unspecified atom stereocenters. The van der Waals surface area contributed by atoms with Gasteiger partial charge in [-0.05, 0) is 44.5 Å². The number of amides is 1. The van der Waals surface area contributed by atoms with Crippen LogP contribution in [0.1, 0.15) is 36.3 Å². The fourth-order valence-corrected chi connectivity index (χ4v) is 2.28. The summed E-state index contributed by atoms with van der Waals surface area (Å²) in [6.07, 6.45) is -2.66. The summed E-state index contributed by atoms with van der Waals surface area (Å²) in [6.45, 7) is 5.02. The molecule has 4 nitrogen and oxygen atoms in total. The van der Waals surface area contributed by atoms with Crippen molar-refractivity contribution in [1.82, 2.24) is 9.78 Å². The quantitative estimate of drug-likeness (QED) is 0.910. The first kappa shape index (κ1) is 16.4. The van der Waals surface area contributed by atoms with Gasteiger partial charge in [0, 0.05) is 16.4 Å². The highest BCUT2D eigenvalue weighted by molar-refractivity contribution is 6.31. The van der Waals surface area contributed by atoms with E-state index in [1.165, 1.54) is 10.7 Å². The second kappa shape index (κ2) is 6.44. The monoisotopic (exact) mass is 327 g/mol. The first-order chi connectivity index (χ1) is 10.3. The van der Waals surface area contributed by atoms with Crippen LogP contribution in [0, 0.1) is 13.8 Å². The first-order valence-corrected chi connectivity index (χ1v) is 7.09. The van der Waals surface area contributed by atoms with E-state index >= 15 is 0 Å². The number of nitrogens with zero attached hydrogens (tertiary/aromatic N) is 2. The van der Waals surface area contributed by atoms with E-state index in [0.29, 0.717) is 16.4 Å². The van der Waals surface area contributed by atoms with Gasteiger partial charge in [-0.2, -0.15) is 5.10 Å². The summed E-state index contributed by atoms with van der Waals surface area (Å²) < 4.78 is 26.6. The Kier molecular flexibility index (Phi) is 4.81. The molecule has 2 aromatic rings. The summed E-state index contributed by atoms with van der Waals surface area (Å²) in [6, 6.07) is 5.74. The lowest BCUT2D eigenvalue weighted by Crippen LogP contribution is -2.25. The number of hydrogen-bond donors (Lipinski definition) is 1. The van der Waals surface area contributed by atoms with Gasteiger partial charge in [0.2, 0.25) is 5.91 Å². The second-order valence-electron chi connectivity index (χ2n) is 5.03. The van der Waals surface area contributed by atoms with Gasteiger partial charge in [0.1, 0.15) is 11.7 Å². The number of carbonyl (C=O) groups excluding carboxylic acids is 1. The fraction of sp³-hybridized carbons (Fsp3) is 0.333. The van der Waals surface area contributed by atoms with Crippen LogP contribution in [0.2, 0.25) is 5.02 Å². The van der Waals surface area contributed by atoms with Crippen molar-refractivity contribution >= 4 is 23.2 Å². The summed E-state index contributed by atoms with van der Waals surface area (Å²) in [7, 11) is 0. The average Bonchev–Trinajstić information content (AvgIpc) is 2.85. The van der Waals surface area contributed by atoms with Crippen LogP contribution in [0.4, 0.5) is 14.5 Å². The zero-order valence-corrected chi connectivity index (χ0v) is 13.2. The number of benzene rings is 1. The van der Waals surface area contributed by atoms with Gasteiger partial charge in [0.15, 0.2) is 0 Å². The highest BCUT2D eigenvalue weighted by Gasteiger charge is 2.21. The summed E-state index contributed by atoms with van der Waals surface area (Å²) in [5, 5.41) is 7.08. The maximum Gasteiger partial charge on any atom is 0.282 e. The highest BCUT2D eigenvalue weighted by atomic mass is 35.5. The van der Waals surface area contributed by atoms with Crippen LogP contribution < -0.4 is 5.32 Å². The fourth-order valence-electron chi connectivity index (χ4n) is 2.10. The maximum absolute atomic E-state index is 12.7. The Morgan fingerprint density at radius 2 is 2.05 bits per heavy atom. The Bertz CT molecular complexity index is 700. The van der Waals surface area contributed by atoms with Gasteiger partial charge >= 0.3 is 0 Å². The SMILES string of the molecule is Cc1c(Cl)cccc1NC(=O)C(C)n1nc(C(F)F)cc1C. The van der Waals surface area contributed by atoms with Crippen LogP contribution in [0.5, 0.6) is 0 Å². The Hall–Kier alpha value is -1.95. The number of rotatable bonds is 4. The van der Waals surface area contributed by atoms with E-state index in [2.05, 4.69) is 10.4 Å². The zero-order valence-electron chi connectivity index (χ0n) is 12.4. The molecule has 0 aliphatic carbocycles. The molecule has 1 N–H and O–H groups in total. The highest BCUT2D eigenvalue weighted by Crippen LogP contribution is 2.25. The Balaban J connectivity index is 2.21. The minimum Gasteiger partial charge on any atom is -0.324 e. The molecule has 1 heterocycles. The molecule has 1 atom stereocenters. The van der Waals surface area contributed by atoms with E-state index in [0.717, 1.165) is 5.56 Å². The molecular weight excluding hydrogens is 312 g/mol. The van der Waals surface area contributed by atoms with Gasteiger partial charge in [-0.25, -0.2) is 8.78 Å². The predicted molar refractivity (Wildman–Crippen MR) is 81.5 cm³/mol. The zero-order chi connectivity index (χ0) is 16.4. The Labute approximate surface area is 132 Å². The first-order valence-electron chi connectivity index (χ1n) is 6.71. The molecule has 0 spiro atoms. The minimum absolute atomic E-state index is 0.337. The molecular formula is C15H16ClF2N3O. The van der Waals surface area contributed by atoms with Crippen molar-refractivity contribution < 1.29 is 13.6 Å². The Morgan fingerprint density at radius 3 is 2.64 bits per heavy atom. The van der Waals surface area contributed by atoms with E-state index in [1.54, 1.807) is 39.0 Å². The summed E-state index contributed by atoms with van der Waals surface area (Å²) in [5.41, 5.74) is 1.50. The van der Waals surface area contributed by atoms with Gasteiger partial charge < -0.3 is 5.32 Å². The van der Waals surface area contributed by atoms with Crippen LogP contribution in [0.3, 0.4) is 0 Å². The number of alkyl halides is 2. The van der Waals surface area contributed by atoms with Crippen LogP contribution in [0.15, 0.2) is 24.3 Å². The third kappa shape index (κ3) is 3.27. The lowest BCUT2D eigenvalue weighted by molar-refractivity contribution is -0.119. The smallest absolute Gasteiger partial charge is 0.282 e. The maximum atomic E-state index is 12.7. The number of aromatic nitrogens is 2. The summed E-state index contributed by atoms with van der Waals surface area (Å²) in [4.78, 5) is 12.3. The van der Waals surface area contributed by atoms with Gasteiger partial charge in [0.25, 0.3) is 6.43 Å². The number of aryl methyl sites for hydroxylation is 1. The standard InChI is InChI=1S/C15H16ClF2N3O/c1-8-7-13(14(17)18)20-21(8)10(3)15(22)19-12-6-4-5-11(16)9(12)2/h4-7,10,14H,1-3H3,(H,19,22). The number of nitrogens with one attached hydrogen (secondary N) is 1. The van der Waals surface area contributed by atoms with E-state index in [1.807, 2.05) is 0 Å². The van der Waals surface area contributed by atoms with Gasteiger partial charge in [-0.3, -0.25) is 9.48 Å². The van der Waals surface area contributed by atoms with Crippen molar-refractivity contribution in [2.45, 2.75) is 33.2 Å². The lowest BCUT2D eigenvalue weighted by Gasteiger charge is -2.16. The molecule has 118 valence electrons. The normalized spacial score (nSPS) is 12.5. The van der Waals surface area contributed by atoms with Crippen LogP contribution in [-0.4, -0.2) is 15.7 Å². The van der Waals surface area contributed by atoms with Crippen molar-refractivity contribution in [2.24, 2.45) is 0 Å². The molecule has 1 aromatic heterocycles. The Morgan fingerprint density at radius 1 is 1.36 bits per heavy atom. The molecule has 2 rings (SSSR count). The van der Waals surface area contributed by atoms with Crippen molar-refractivity contribution in [3.8, 4) is 0 Å². The minimum atomic E-state index is -2.66. The van der Waals surface area contributed by atoms with E-state index in [4.69, 9.17) is 11.6 Å². The second-order valence-corrected chi connectivity index (χ2v) is 5.44. The molecule has 0 radical (unpaired) electrons. The van der Waals surface area contributed by atoms with Gasteiger partial charge in [-0.1, -0.05) is 17.7 Å². The molecule has 0 aliphatic rings. The summed E-state index contributed by atoms with van der Waals surface area (Å²) >= 11 is 6.01. The van der Waals surface area contributed by atoms with Crippen molar-refractivity contribution in [2.75, 3.05) is 5.32 Å². The van der Waals surface area contributed by atoms with Crippen molar-refractivity contribution in [3.63, 3.8) is 0 Å². The van der Waals surface area contributed by atoms with E-state index in [9.17, 15) is 13.6 Å². The van der Waals surface area contributed by atoms with E-state index < -0.39 is 12.5 Å². The molecule has 22 heavy (non-hydrogen) atoms. The van der Waals surface area contributed by atoms with Crippen molar-refractivity contribution in [3.05, 3.63) is 46.2 Å². The number of hydrogen-bond acceptors (Lipinski definition) is 2.